The van der Waals surface area contributed by atoms with E-state index in [1.54, 1.807) is 0 Å². The van der Waals surface area contributed by atoms with E-state index in [2.05, 4.69) is 17.3 Å². The summed E-state index contributed by atoms with van der Waals surface area (Å²) in [4.78, 5) is 13.8. The van der Waals surface area contributed by atoms with E-state index in [0.717, 1.165) is 32.0 Å². The molecular weight excluding hydrogens is 214 g/mol. The van der Waals surface area contributed by atoms with Crippen molar-refractivity contribution >= 4 is 5.91 Å². The van der Waals surface area contributed by atoms with Gasteiger partial charge < -0.3 is 16.0 Å². The van der Waals surface area contributed by atoms with Crippen molar-refractivity contribution in [2.24, 2.45) is 5.73 Å². The zero-order chi connectivity index (χ0) is 12.9. The minimum absolute atomic E-state index is 0.245. The van der Waals surface area contributed by atoms with Gasteiger partial charge in [0.25, 0.3) is 0 Å². The summed E-state index contributed by atoms with van der Waals surface area (Å²) in [5.74, 6) is -0.245. The van der Waals surface area contributed by atoms with Crippen LogP contribution >= 0.6 is 0 Å². The van der Waals surface area contributed by atoms with Gasteiger partial charge in [-0.2, -0.15) is 0 Å². The second kappa shape index (κ2) is 6.36. The Morgan fingerprint density at radius 3 is 2.59 bits per heavy atom. The maximum absolute atomic E-state index is 11.4. The molecule has 1 amide bonds. The molecule has 0 saturated heterocycles. The van der Waals surface area contributed by atoms with E-state index in [1.807, 2.05) is 13.8 Å². The van der Waals surface area contributed by atoms with Crippen LogP contribution in [0, 0.1) is 0 Å². The van der Waals surface area contributed by atoms with E-state index in [4.69, 9.17) is 5.73 Å². The number of hydrogen-bond acceptors (Lipinski definition) is 3. The van der Waals surface area contributed by atoms with Crippen molar-refractivity contribution in [2.75, 3.05) is 20.1 Å². The standard InChI is InChI=1S/C13H27N3O/c1-4-15-13(2,12(14)17)9-6-10-16(3)11-7-5-8-11/h11,15H,4-10H2,1-3H3,(H2,14,17). The molecule has 1 saturated carbocycles. The van der Waals surface area contributed by atoms with Gasteiger partial charge in [0, 0.05) is 6.04 Å². The number of nitrogens with zero attached hydrogens (tertiary/aromatic N) is 1. The molecule has 0 heterocycles. The van der Waals surface area contributed by atoms with Crippen LogP contribution in [0.15, 0.2) is 0 Å². The van der Waals surface area contributed by atoms with Crippen LogP contribution < -0.4 is 11.1 Å². The van der Waals surface area contributed by atoms with E-state index in [-0.39, 0.29) is 5.91 Å². The fourth-order valence-electron chi connectivity index (χ4n) is 2.38. The fraction of sp³-hybridized carbons (Fsp3) is 0.923. The summed E-state index contributed by atoms with van der Waals surface area (Å²) in [6.45, 7) is 5.74. The molecule has 4 heteroatoms. The molecule has 17 heavy (non-hydrogen) atoms. The molecule has 0 bridgehead atoms. The van der Waals surface area contributed by atoms with Crippen molar-refractivity contribution in [3.05, 3.63) is 0 Å². The summed E-state index contributed by atoms with van der Waals surface area (Å²) in [7, 11) is 2.18. The number of nitrogens with one attached hydrogen (secondary N) is 1. The van der Waals surface area contributed by atoms with Gasteiger partial charge >= 0.3 is 0 Å². The van der Waals surface area contributed by atoms with Crippen molar-refractivity contribution in [2.45, 2.75) is 57.5 Å². The molecule has 1 fully saturated rings. The molecule has 0 aromatic rings. The maximum Gasteiger partial charge on any atom is 0.237 e. The number of carbonyl (C=O) groups excluding carboxylic acids is 1. The Morgan fingerprint density at radius 1 is 1.53 bits per heavy atom. The van der Waals surface area contributed by atoms with Gasteiger partial charge in [0.05, 0.1) is 5.54 Å². The molecular formula is C13H27N3O. The third-order valence-electron chi connectivity index (χ3n) is 4.00. The molecule has 1 aliphatic carbocycles. The predicted molar refractivity (Wildman–Crippen MR) is 70.8 cm³/mol. The monoisotopic (exact) mass is 241 g/mol. The number of likely N-dealkylation sites (N-methyl/N-ethyl adjacent to an activating group) is 1. The molecule has 1 unspecified atom stereocenters. The molecule has 1 rings (SSSR count). The number of hydrogen-bond donors (Lipinski definition) is 2. The summed E-state index contributed by atoms with van der Waals surface area (Å²) >= 11 is 0. The van der Waals surface area contributed by atoms with E-state index in [1.165, 1.54) is 19.3 Å². The first-order valence-corrected chi connectivity index (χ1v) is 6.75. The molecule has 1 atom stereocenters. The first kappa shape index (κ1) is 14.5. The smallest absolute Gasteiger partial charge is 0.237 e. The van der Waals surface area contributed by atoms with Crippen LogP contribution in [-0.2, 0) is 4.79 Å². The summed E-state index contributed by atoms with van der Waals surface area (Å²) in [6.07, 6.45) is 5.85. The molecule has 100 valence electrons. The molecule has 1 aliphatic rings. The van der Waals surface area contributed by atoms with Gasteiger partial charge in [0.15, 0.2) is 0 Å². The lowest BCUT2D eigenvalue weighted by atomic mass is 9.91. The lowest BCUT2D eigenvalue weighted by Crippen LogP contribution is -2.53. The van der Waals surface area contributed by atoms with Gasteiger partial charge in [-0.05, 0) is 52.7 Å². The van der Waals surface area contributed by atoms with Gasteiger partial charge in [-0.15, -0.1) is 0 Å². The Kier molecular flexibility index (Phi) is 5.40. The molecule has 0 aromatic carbocycles. The minimum Gasteiger partial charge on any atom is -0.368 e. The summed E-state index contributed by atoms with van der Waals surface area (Å²) < 4.78 is 0. The average Bonchev–Trinajstić information content (AvgIpc) is 2.14. The van der Waals surface area contributed by atoms with E-state index >= 15 is 0 Å². The predicted octanol–water partition coefficient (Wildman–Crippen LogP) is 1.10. The van der Waals surface area contributed by atoms with Crippen LogP contribution in [0.5, 0.6) is 0 Å². The number of amides is 1. The molecule has 0 spiro atoms. The molecule has 3 N–H and O–H groups in total. The highest BCUT2D eigenvalue weighted by Crippen LogP contribution is 2.24. The molecule has 0 radical (unpaired) electrons. The van der Waals surface area contributed by atoms with Crippen LogP contribution in [0.3, 0.4) is 0 Å². The second-order valence-electron chi connectivity index (χ2n) is 5.40. The van der Waals surface area contributed by atoms with Crippen LogP contribution in [0.25, 0.3) is 0 Å². The van der Waals surface area contributed by atoms with Gasteiger partial charge in [-0.3, -0.25) is 4.79 Å². The second-order valence-corrected chi connectivity index (χ2v) is 5.40. The van der Waals surface area contributed by atoms with Gasteiger partial charge in [-0.1, -0.05) is 13.3 Å². The van der Waals surface area contributed by atoms with Crippen LogP contribution in [0.4, 0.5) is 0 Å². The minimum atomic E-state index is -0.546. The maximum atomic E-state index is 11.4. The van der Waals surface area contributed by atoms with Crippen molar-refractivity contribution in [3.8, 4) is 0 Å². The zero-order valence-corrected chi connectivity index (χ0v) is 11.5. The Hall–Kier alpha value is -0.610. The third-order valence-corrected chi connectivity index (χ3v) is 4.00. The van der Waals surface area contributed by atoms with Crippen molar-refractivity contribution in [1.29, 1.82) is 0 Å². The number of rotatable bonds is 8. The first-order valence-electron chi connectivity index (χ1n) is 6.75. The topological polar surface area (TPSA) is 58.4 Å². The summed E-state index contributed by atoms with van der Waals surface area (Å²) in [6, 6.07) is 0.772. The Balaban J connectivity index is 2.28. The largest absolute Gasteiger partial charge is 0.368 e. The number of nitrogens with two attached hydrogens (primary N) is 1. The van der Waals surface area contributed by atoms with E-state index in [0.29, 0.717) is 0 Å². The molecule has 0 aliphatic heterocycles. The quantitative estimate of drug-likeness (QED) is 0.669. The van der Waals surface area contributed by atoms with Gasteiger partial charge in [0.1, 0.15) is 0 Å². The summed E-state index contributed by atoms with van der Waals surface area (Å²) in [5, 5.41) is 3.20. The number of carbonyl (C=O) groups is 1. The van der Waals surface area contributed by atoms with Crippen LogP contribution in [0.1, 0.15) is 46.0 Å². The molecule has 4 nitrogen and oxygen atoms in total. The van der Waals surface area contributed by atoms with Gasteiger partial charge in [0.2, 0.25) is 5.91 Å². The molecule has 0 aromatic heterocycles. The SMILES string of the molecule is CCNC(C)(CCCN(C)C1CCC1)C(N)=O. The highest BCUT2D eigenvalue weighted by molar-refractivity contribution is 5.84. The fourth-order valence-corrected chi connectivity index (χ4v) is 2.38. The zero-order valence-electron chi connectivity index (χ0n) is 11.5. The Bertz CT molecular complexity index is 253. The highest BCUT2D eigenvalue weighted by Gasteiger charge is 2.29. The van der Waals surface area contributed by atoms with Crippen LogP contribution in [-0.4, -0.2) is 42.5 Å². The van der Waals surface area contributed by atoms with Crippen molar-refractivity contribution in [1.82, 2.24) is 10.2 Å². The lowest BCUT2D eigenvalue weighted by Gasteiger charge is -2.35. The Labute approximate surface area is 105 Å². The van der Waals surface area contributed by atoms with Crippen LogP contribution in [0.2, 0.25) is 0 Å². The Morgan fingerprint density at radius 2 is 2.18 bits per heavy atom. The van der Waals surface area contributed by atoms with Gasteiger partial charge in [-0.25, -0.2) is 0 Å². The van der Waals surface area contributed by atoms with E-state index in [9.17, 15) is 4.79 Å². The first-order chi connectivity index (χ1) is 7.99. The highest BCUT2D eigenvalue weighted by atomic mass is 16.1. The summed E-state index contributed by atoms with van der Waals surface area (Å²) in [5.41, 5.74) is 4.91. The third kappa shape index (κ3) is 3.96. The van der Waals surface area contributed by atoms with E-state index < -0.39 is 5.54 Å². The van der Waals surface area contributed by atoms with Crippen molar-refractivity contribution < 1.29 is 4.79 Å². The number of primary amides is 1. The lowest BCUT2D eigenvalue weighted by molar-refractivity contribution is -0.124. The van der Waals surface area contributed by atoms with Crippen molar-refractivity contribution in [3.63, 3.8) is 0 Å². The average molecular weight is 241 g/mol. The normalized spacial score (nSPS) is 20.0.